The Morgan fingerprint density at radius 2 is 0.857 bits per heavy atom. The normalized spacial score (nSPS) is 18.4. The van der Waals surface area contributed by atoms with Crippen molar-refractivity contribution in [1.29, 1.82) is 0 Å². The quantitative estimate of drug-likeness (QED) is 0.268. The molecule has 3 aliphatic heterocycles. The molecule has 3 heterocycles. The Labute approximate surface area is 262 Å². The third kappa shape index (κ3) is 9.87. The molecular weight excluding hydrogens is 602 g/mol. The Hall–Kier alpha value is -1.80. The van der Waals surface area contributed by atoms with Crippen LogP contribution < -0.4 is 16.0 Å². The van der Waals surface area contributed by atoms with Gasteiger partial charge >= 0.3 is 0 Å². The number of nitrogens with one attached hydrogen (secondary N) is 3. The third-order valence-electron chi connectivity index (χ3n) is 8.22. The van der Waals surface area contributed by atoms with Crippen LogP contribution in [0.3, 0.4) is 0 Å². The van der Waals surface area contributed by atoms with E-state index in [1.807, 2.05) is 18.2 Å². The van der Waals surface area contributed by atoms with Crippen LogP contribution in [-0.2, 0) is 0 Å². The predicted molar refractivity (Wildman–Crippen MR) is 169 cm³/mol. The summed E-state index contributed by atoms with van der Waals surface area (Å²) in [5, 5.41) is 12.0. The molecule has 3 nitrogen and oxygen atoms in total. The van der Waals surface area contributed by atoms with Crippen LogP contribution in [0.25, 0.3) is 0 Å². The van der Waals surface area contributed by atoms with Gasteiger partial charge < -0.3 is 16.0 Å². The van der Waals surface area contributed by atoms with Gasteiger partial charge in [-0.2, -0.15) is 0 Å². The molecule has 0 spiro atoms. The van der Waals surface area contributed by atoms with Gasteiger partial charge in [0.15, 0.2) is 0 Å². The average molecular weight is 641 g/mol. The van der Waals surface area contributed by atoms with Crippen LogP contribution in [0.1, 0.15) is 73.0 Å². The van der Waals surface area contributed by atoms with Gasteiger partial charge in [0.25, 0.3) is 0 Å². The van der Waals surface area contributed by atoms with Gasteiger partial charge in [-0.05, 0) is 143 Å². The monoisotopic (exact) mass is 639 g/mol. The summed E-state index contributed by atoms with van der Waals surface area (Å²) < 4.78 is 38.9. The number of benzene rings is 3. The second kappa shape index (κ2) is 16.9. The third-order valence-corrected chi connectivity index (χ3v) is 9.11. The molecule has 3 fully saturated rings. The zero-order valence-electron chi connectivity index (χ0n) is 23.7. The lowest BCUT2D eigenvalue weighted by Gasteiger charge is -2.23. The molecule has 0 saturated carbocycles. The van der Waals surface area contributed by atoms with Crippen molar-refractivity contribution in [2.45, 2.75) is 56.3 Å². The lowest BCUT2D eigenvalue weighted by Crippen LogP contribution is -2.27. The summed E-state index contributed by atoms with van der Waals surface area (Å²) in [6, 6.07) is 14.4. The maximum absolute atomic E-state index is 13.4. The zero-order valence-corrected chi connectivity index (χ0v) is 25.9. The van der Waals surface area contributed by atoms with E-state index in [0.29, 0.717) is 27.4 Å². The molecule has 3 N–H and O–H groups in total. The number of hydrogen-bond acceptors (Lipinski definition) is 3. The van der Waals surface area contributed by atoms with Crippen molar-refractivity contribution >= 4 is 34.8 Å². The second-order valence-corrected chi connectivity index (χ2v) is 12.3. The van der Waals surface area contributed by atoms with E-state index in [-0.39, 0.29) is 11.7 Å². The fourth-order valence-corrected chi connectivity index (χ4v) is 6.78. The van der Waals surface area contributed by atoms with Crippen LogP contribution in [0.15, 0.2) is 54.6 Å². The van der Waals surface area contributed by atoms with Crippen molar-refractivity contribution in [3.05, 3.63) is 104 Å². The fourth-order valence-electron chi connectivity index (χ4n) is 5.90. The molecule has 3 aliphatic rings. The number of hydrogen-bond donors (Lipinski definition) is 3. The molecule has 0 aromatic heterocycles. The van der Waals surface area contributed by atoms with E-state index in [0.717, 1.165) is 81.6 Å². The Morgan fingerprint density at radius 1 is 0.476 bits per heavy atom. The van der Waals surface area contributed by atoms with Crippen LogP contribution in [0, 0.1) is 17.5 Å². The molecule has 228 valence electrons. The first-order chi connectivity index (χ1) is 20.3. The van der Waals surface area contributed by atoms with Gasteiger partial charge in [-0.25, -0.2) is 13.2 Å². The first-order valence-corrected chi connectivity index (χ1v) is 15.9. The van der Waals surface area contributed by atoms with Crippen LogP contribution in [-0.4, -0.2) is 39.3 Å². The Balaban J connectivity index is 0.000000145. The Kier molecular flexibility index (Phi) is 13.3. The SMILES string of the molecule is Clc1ccc(C2CCNCC2)c(Cl)c1.Fc1ccc(C2CCNCC2)c(Cl)c1.Fc1ccc(C2CCNCC2)c(F)c1. The molecular formula is C33H39Cl3F3N3. The highest BCUT2D eigenvalue weighted by Gasteiger charge is 2.20. The zero-order chi connectivity index (χ0) is 29.9. The minimum absolute atomic E-state index is 0.247. The van der Waals surface area contributed by atoms with Crippen LogP contribution >= 0.6 is 34.8 Å². The smallest absolute Gasteiger partial charge is 0.129 e. The minimum Gasteiger partial charge on any atom is -0.317 e. The maximum Gasteiger partial charge on any atom is 0.129 e. The summed E-state index contributed by atoms with van der Waals surface area (Å²) in [7, 11) is 0. The molecule has 0 radical (unpaired) electrons. The Bertz CT molecular complexity index is 1120. The molecule has 42 heavy (non-hydrogen) atoms. The van der Waals surface area contributed by atoms with Crippen molar-refractivity contribution in [3.8, 4) is 0 Å². The topological polar surface area (TPSA) is 36.1 Å². The molecule has 0 bridgehead atoms. The highest BCUT2D eigenvalue weighted by Crippen LogP contribution is 2.33. The summed E-state index contributed by atoms with van der Waals surface area (Å²) in [6.45, 7) is 6.06. The molecule has 3 saturated heterocycles. The van der Waals surface area contributed by atoms with E-state index in [1.165, 1.54) is 36.6 Å². The van der Waals surface area contributed by atoms with Gasteiger partial charge in [0, 0.05) is 21.1 Å². The van der Waals surface area contributed by atoms with E-state index in [1.54, 1.807) is 6.07 Å². The number of piperidine rings is 3. The van der Waals surface area contributed by atoms with Crippen molar-refractivity contribution < 1.29 is 13.2 Å². The van der Waals surface area contributed by atoms with Crippen molar-refractivity contribution in [3.63, 3.8) is 0 Å². The lowest BCUT2D eigenvalue weighted by molar-refractivity contribution is 0.443. The van der Waals surface area contributed by atoms with Gasteiger partial charge in [-0.3, -0.25) is 0 Å². The standard InChI is InChI=1S/C11H13Cl2N.C11H13ClFN.C11H13F2N/c12-9-1-2-10(11(13)7-9)8-3-5-14-6-4-8;12-11-7-9(13)1-2-10(11)8-3-5-14-6-4-8;12-9-1-2-10(11(13)7-9)8-3-5-14-6-4-8/h3*1-2,7-8,14H,3-6H2. The predicted octanol–water partition coefficient (Wildman–Crippen LogP) is 8.84. The molecule has 0 aliphatic carbocycles. The second-order valence-electron chi connectivity index (χ2n) is 11.1. The van der Waals surface area contributed by atoms with Gasteiger partial charge in [-0.1, -0.05) is 53.0 Å². The van der Waals surface area contributed by atoms with E-state index < -0.39 is 11.6 Å². The Morgan fingerprint density at radius 3 is 1.29 bits per heavy atom. The van der Waals surface area contributed by atoms with Crippen molar-refractivity contribution in [1.82, 2.24) is 16.0 Å². The highest BCUT2D eigenvalue weighted by molar-refractivity contribution is 6.35. The first-order valence-electron chi connectivity index (χ1n) is 14.8. The van der Waals surface area contributed by atoms with E-state index in [9.17, 15) is 13.2 Å². The van der Waals surface area contributed by atoms with Crippen LogP contribution in [0.2, 0.25) is 15.1 Å². The molecule has 3 aromatic carbocycles. The lowest BCUT2D eigenvalue weighted by atomic mass is 9.90. The summed E-state index contributed by atoms with van der Waals surface area (Å²) in [5.74, 6) is 0.173. The van der Waals surface area contributed by atoms with Gasteiger partial charge in [0.2, 0.25) is 0 Å². The summed E-state index contributed by atoms with van der Waals surface area (Å²) in [5.41, 5.74) is 3.00. The van der Waals surface area contributed by atoms with E-state index in [4.69, 9.17) is 34.8 Å². The highest BCUT2D eigenvalue weighted by atomic mass is 35.5. The molecule has 0 unspecified atom stereocenters. The molecule has 6 rings (SSSR count). The van der Waals surface area contributed by atoms with E-state index in [2.05, 4.69) is 22.0 Å². The number of halogens is 6. The van der Waals surface area contributed by atoms with Crippen molar-refractivity contribution in [2.24, 2.45) is 0 Å². The summed E-state index contributed by atoms with van der Waals surface area (Å²) >= 11 is 18.0. The largest absolute Gasteiger partial charge is 0.317 e. The molecule has 0 amide bonds. The van der Waals surface area contributed by atoms with Gasteiger partial charge in [0.1, 0.15) is 17.5 Å². The van der Waals surface area contributed by atoms with Gasteiger partial charge in [0.05, 0.1) is 0 Å². The first kappa shape index (κ1) is 33.1. The average Bonchev–Trinajstić information content (AvgIpc) is 2.99. The van der Waals surface area contributed by atoms with Crippen LogP contribution in [0.5, 0.6) is 0 Å². The van der Waals surface area contributed by atoms with Gasteiger partial charge in [-0.15, -0.1) is 0 Å². The maximum atomic E-state index is 13.4. The molecule has 0 atom stereocenters. The van der Waals surface area contributed by atoms with Crippen molar-refractivity contribution in [2.75, 3.05) is 39.3 Å². The number of rotatable bonds is 3. The summed E-state index contributed by atoms with van der Waals surface area (Å²) in [4.78, 5) is 0. The molecule has 9 heteroatoms. The van der Waals surface area contributed by atoms with E-state index >= 15 is 0 Å². The molecule has 3 aromatic rings. The fraction of sp³-hybridized carbons (Fsp3) is 0.455. The minimum atomic E-state index is -0.500. The summed E-state index contributed by atoms with van der Waals surface area (Å²) in [6.07, 6.45) is 6.38. The van der Waals surface area contributed by atoms with Crippen LogP contribution in [0.4, 0.5) is 13.2 Å².